The molecule has 1 aliphatic heterocycles. The van der Waals surface area contributed by atoms with E-state index in [1.807, 2.05) is 18.2 Å². The normalized spacial score (nSPS) is 16.0. The second kappa shape index (κ2) is 8.41. The molecule has 6 heteroatoms. The smallest absolute Gasteiger partial charge is 0.227 e. The first-order valence-corrected chi connectivity index (χ1v) is 9.38. The maximum Gasteiger partial charge on any atom is 0.227 e. The van der Waals surface area contributed by atoms with Gasteiger partial charge in [-0.3, -0.25) is 9.69 Å². The highest BCUT2D eigenvalue weighted by atomic mass is 35.5. The zero-order valence-electron chi connectivity index (χ0n) is 13.6. The van der Waals surface area contributed by atoms with E-state index in [4.69, 9.17) is 34.8 Å². The SMILES string of the molecule is O=C(Nc1c(Cl)cccc1Cl)C1CCN(Cc2cccc(Cl)c2)CC1. The molecule has 3 rings (SSSR count). The van der Waals surface area contributed by atoms with E-state index in [2.05, 4.69) is 16.3 Å². The van der Waals surface area contributed by atoms with Gasteiger partial charge in [-0.15, -0.1) is 0 Å². The fourth-order valence-electron chi connectivity index (χ4n) is 3.09. The number of nitrogens with zero attached hydrogens (tertiary/aromatic N) is 1. The molecule has 0 atom stereocenters. The predicted molar refractivity (Wildman–Crippen MR) is 105 cm³/mol. The lowest BCUT2D eigenvalue weighted by atomic mass is 9.95. The highest BCUT2D eigenvalue weighted by molar-refractivity contribution is 6.39. The van der Waals surface area contributed by atoms with E-state index in [0.717, 1.165) is 37.5 Å². The summed E-state index contributed by atoms with van der Waals surface area (Å²) in [5.41, 5.74) is 1.69. The van der Waals surface area contributed by atoms with Crippen LogP contribution in [0.5, 0.6) is 0 Å². The minimum Gasteiger partial charge on any atom is -0.323 e. The molecule has 1 saturated heterocycles. The molecule has 25 heavy (non-hydrogen) atoms. The minimum atomic E-state index is -0.0250. The Kier molecular flexibility index (Phi) is 6.24. The van der Waals surface area contributed by atoms with Gasteiger partial charge in [0.1, 0.15) is 0 Å². The van der Waals surface area contributed by atoms with Crippen LogP contribution in [0, 0.1) is 5.92 Å². The molecule has 0 bridgehead atoms. The number of piperidine rings is 1. The van der Waals surface area contributed by atoms with Gasteiger partial charge in [0.25, 0.3) is 0 Å². The largest absolute Gasteiger partial charge is 0.323 e. The van der Waals surface area contributed by atoms with Gasteiger partial charge in [0, 0.05) is 17.5 Å². The summed E-state index contributed by atoms with van der Waals surface area (Å²) in [5, 5.41) is 4.55. The Bertz CT molecular complexity index is 738. The van der Waals surface area contributed by atoms with Crippen molar-refractivity contribution < 1.29 is 4.79 Å². The number of amides is 1. The zero-order valence-corrected chi connectivity index (χ0v) is 15.9. The lowest BCUT2D eigenvalue weighted by molar-refractivity contribution is -0.121. The van der Waals surface area contributed by atoms with Gasteiger partial charge in [-0.05, 0) is 55.8 Å². The van der Waals surface area contributed by atoms with Gasteiger partial charge >= 0.3 is 0 Å². The Labute approximate surface area is 162 Å². The molecule has 1 fully saturated rings. The second-order valence-electron chi connectivity index (χ2n) is 6.27. The van der Waals surface area contributed by atoms with Gasteiger partial charge < -0.3 is 5.32 Å². The average Bonchev–Trinajstić information content (AvgIpc) is 2.59. The Balaban J connectivity index is 1.54. The molecule has 0 aliphatic carbocycles. The average molecular weight is 398 g/mol. The molecule has 1 N–H and O–H groups in total. The topological polar surface area (TPSA) is 32.3 Å². The molecule has 0 radical (unpaired) electrons. The lowest BCUT2D eigenvalue weighted by Gasteiger charge is -2.31. The number of benzene rings is 2. The number of rotatable bonds is 4. The highest BCUT2D eigenvalue weighted by Gasteiger charge is 2.25. The third-order valence-corrected chi connectivity index (χ3v) is 5.33. The van der Waals surface area contributed by atoms with Crippen molar-refractivity contribution in [2.24, 2.45) is 5.92 Å². The first-order valence-electron chi connectivity index (χ1n) is 8.24. The van der Waals surface area contributed by atoms with E-state index in [-0.39, 0.29) is 11.8 Å². The van der Waals surface area contributed by atoms with Crippen LogP contribution in [-0.4, -0.2) is 23.9 Å². The molecule has 0 aromatic heterocycles. The fraction of sp³-hybridized carbons (Fsp3) is 0.316. The third kappa shape index (κ3) is 4.89. The van der Waals surface area contributed by atoms with E-state index in [9.17, 15) is 4.79 Å². The number of carbonyl (C=O) groups is 1. The number of halogens is 3. The van der Waals surface area contributed by atoms with Crippen LogP contribution < -0.4 is 5.32 Å². The minimum absolute atomic E-state index is 0.0163. The van der Waals surface area contributed by atoms with Gasteiger partial charge in [0.2, 0.25) is 5.91 Å². The number of anilines is 1. The molecule has 0 saturated carbocycles. The summed E-state index contributed by atoms with van der Waals surface area (Å²) in [6, 6.07) is 13.1. The van der Waals surface area contributed by atoms with Crippen molar-refractivity contribution in [1.82, 2.24) is 4.90 Å². The van der Waals surface area contributed by atoms with E-state index in [1.54, 1.807) is 18.2 Å². The summed E-state index contributed by atoms with van der Waals surface area (Å²) in [5.74, 6) is -0.0413. The molecular weight excluding hydrogens is 379 g/mol. The van der Waals surface area contributed by atoms with Gasteiger partial charge in [-0.1, -0.05) is 53.0 Å². The van der Waals surface area contributed by atoms with Gasteiger partial charge in [0.15, 0.2) is 0 Å². The summed E-state index contributed by atoms with van der Waals surface area (Å²) < 4.78 is 0. The first-order chi connectivity index (χ1) is 12.0. The van der Waals surface area contributed by atoms with Gasteiger partial charge in [-0.25, -0.2) is 0 Å². The second-order valence-corrected chi connectivity index (χ2v) is 7.52. The summed E-state index contributed by atoms with van der Waals surface area (Å²) in [4.78, 5) is 14.9. The maximum atomic E-state index is 12.5. The van der Waals surface area contributed by atoms with Crippen molar-refractivity contribution in [3.05, 3.63) is 63.1 Å². The van der Waals surface area contributed by atoms with Crippen molar-refractivity contribution in [2.45, 2.75) is 19.4 Å². The van der Waals surface area contributed by atoms with Crippen molar-refractivity contribution >= 4 is 46.4 Å². The number of nitrogens with one attached hydrogen (secondary N) is 1. The quantitative estimate of drug-likeness (QED) is 0.739. The monoisotopic (exact) mass is 396 g/mol. The van der Waals surface area contributed by atoms with Crippen LogP contribution in [0.15, 0.2) is 42.5 Å². The number of likely N-dealkylation sites (tertiary alicyclic amines) is 1. The number of carbonyl (C=O) groups excluding carboxylic acids is 1. The van der Waals surface area contributed by atoms with E-state index < -0.39 is 0 Å². The molecule has 0 spiro atoms. The highest BCUT2D eigenvalue weighted by Crippen LogP contribution is 2.31. The van der Waals surface area contributed by atoms with Gasteiger partial charge in [-0.2, -0.15) is 0 Å². The summed E-state index contributed by atoms with van der Waals surface area (Å²) in [7, 11) is 0. The van der Waals surface area contributed by atoms with Crippen LogP contribution in [0.3, 0.4) is 0 Å². The van der Waals surface area contributed by atoms with Gasteiger partial charge in [0.05, 0.1) is 15.7 Å². The van der Waals surface area contributed by atoms with Crippen LogP contribution in [0.2, 0.25) is 15.1 Å². The third-order valence-electron chi connectivity index (χ3n) is 4.46. The Hall–Kier alpha value is -1.26. The molecular formula is C19H19Cl3N2O. The van der Waals surface area contributed by atoms with E-state index in [1.165, 1.54) is 5.56 Å². The molecule has 1 heterocycles. The molecule has 1 aliphatic rings. The van der Waals surface area contributed by atoms with Crippen molar-refractivity contribution in [2.75, 3.05) is 18.4 Å². The standard InChI is InChI=1S/C19H19Cl3N2O/c20-15-4-1-3-13(11-15)12-24-9-7-14(8-10-24)19(25)23-18-16(21)5-2-6-17(18)22/h1-6,11,14H,7-10,12H2,(H,23,25). The molecule has 132 valence electrons. The van der Waals surface area contributed by atoms with Crippen molar-refractivity contribution in [3.8, 4) is 0 Å². The van der Waals surface area contributed by atoms with Crippen LogP contribution in [0.25, 0.3) is 0 Å². The summed E-state index contributed by atoms with van der Waals surface area (Å²) in [6.07, 6.45) is 1.63. The molecule has 2 aromatic carbocycles. The van der Waals surface area contributed by atoms with Crippen LogP contribution in [-0.2, 0) is 11.3 Å². The lowest BCUT2D eigenvalue weighted by Crippen LogP contribution is -2.37. The van der Waals surface area contributed by atoms with E-state index >= 15 is 0 Å². The van der Waals surface area contributed by atoms with Crippen LogP contribution in [0.1, 0.15) is 18.4 Å². The predicted octanol–water partition coefficient (Wildman–Crippen LogP) is 5.50. The summed E-state index contributed by atoms with van der Waals surface area (Å²) >= 11 is 18.3. The molecule has 0 unspecified atom stereocenters. The number of hydrogen-bond donors (Lipinski definition) is 1. The number of para-hydroxylation sites is 1. The van der Waals surface area contributed by atoms with Crippen molar-refractivity contribution in [3.63, 3.8) is 0 Å². The van der Waals surface area contributed by atoms with E-state index in [0.29, 0.717) is 15.7 Å². The Morgan fingerprint density at radius 3 is 2.32 bits per heavy atom. The molecule has 3 nitrogen and oxygen atoms in total. The first kappa shape index (κ1) is 18.5. The Morgan fingerprint density at radius 1 is 1.04 bits per heavy atom. The fourth-order valence-corrected chi connectivity index (χ4v) is 3.79. The van der Waals surface area contributed by atoms with Crippen LogP contribution >= 0.6 is 34.8 Å². The van der Waals surface area contributed by atoms with Crippen LogP contribution in [0.4, 0.5) is 5.69 Å². The maximum absolute atomic E-state index is 12.5. The Morgan fingerprint density at radius 2 is 1.68 bits per heavy atom. The molecule has 1 amide bonds. The molecule has 2 aromatic rings. The zero-order chi connectivity index (χ0) is 17.8. The summed E-state index contributed by atoms with van der Waals surface area (Å²) in [6.45, 7) is 2.60. The van der Waals surface area contributed by atoms with Crippen molar-refractivity contribution in [1.29, 1.82) is 0 Å². The number of hydrogen-bond acceptors (Lipinski definition) is 2.